The van der Waals surface area contributed by atoms with Crippen LogP contribution in [0.2, 0.25) is 5.02 Å². The molecule has 4 nitrogen and oxygen atoms in total. The largest absolute Gasteiger partial charge is 0.362 e. The van der Waals surface area contributed by atoms with Gasteiger partial charge in [0.15, 0.2) is 5.11 Å². The quantitative estimate of drug-likeness (QED) is 0.538. The van der Waals surface area contributed by atoms with Gasteiger partial charge in [-0.3, -0.25) is 0 Å². The van der Waals surface area contributed by atoms with Crippen molar-refractivity contribution in [2.75, 3.05) is 29.9 Å². The zero-order chi connectivity index (χ0) is 21.8. The third-order valence-corrected chi connectivity index (χ3v) is 7.27. The molecule has 0 bridgehead atoms. The van der Waals surface area contributed by atoms with Gasteiger partial charge in [0, 0.05) is 30.1 Å². The Morgan fingerprint density at radius 2 is 1.90 bits per heavy atom. The maximum atomic E-state index is 6.27. The Kier molecular flexibility index (Phi) is 7.02. The van der Waals surface area contributed by atoms with E-state index in [0.717, 1.165) is 49.0 Å². The highest BCUT2D eigenvalue weighted by atomic mass is 35.5. The molecule has 6 heteroatoms. The van der Waals surface area contributed by atoms with Crippen LogP contribution in [0.4, 0.5) is 11.5 Å². The second-order valence-corrected chi connectivity index (χ2v) is 10.4. The number of piperidine rings is 1. The van der Waals surface area contributed by atoms with E-state index < -0.39 is 0 Å². The number of rotatable bonds is 5. The maximum absolute atomic E-state index is 6.27. The van der Waals surface area contributed by atoms with Crippen molar-refractivity contribution in [1.29, 1.82) is 0 Å². The van der Waals surface area contributed by atoms with Crippen molar-refractivity contribution in [3.63, 3.8) is 0 Å². The molecule has 1 saturated heterocycles. The summed E-state index contributed by atoms with van der Waals surface area (Å²) >= 11 is 11.9. The van der Waals surface area contributed by atoms with Crippen LogP contribution in [-0.4, -0.2) is 29.7 Å². The third-order valence-electron chi connectivity index (χ3n) is 6.78. The highest BCUT2D eigenvalue weighted by Gasteiger charge is 2.35. The summed E-state index contributed by atoms with van der Waals surface area (Å²) in [5, 5.41) is 8.21. The summed E-state index contributed by atoms with van der Waals surface area (Å²) in [5.74, 6) is 2.47. The van der Waals surface area contributed by atoms with Crippen LogP contribution in [0.1, 0.15) is 51.5 Å². The third kappa shape index (κ3) is 5.50. The predicted octanol–water partition coefficient (Wildman–Crippen LogP) is 6.02. The van der Waals surface area contributed by atoms with E-state index in [-0.39, 0.29) is 5.41 Å². The summed E-state index contributed by atoms with van der Waals surface area (Å²) in [6, 6.07) is 12.5. The number of hydrogen-bond acceptors (Lipinski definition) is 3. The number of aromatic nitrogens is 1. The average Bonchev–Trinajstić information content (AvgIpc) is 3.22. The Morgan fingerprint density at radius 3 is 2.55 bits per heavy atom. The first-order valence-corrected chi connectivity index (χ1v) is 12.2. The number of benzene rings is 1. The minimum Gasteiger partial charge on any atom is -0.362 e. The van der Waals surface area contributed by atoms with E-state index in [9.17, 15) is 0 Å². The Bertz CT molecular complexity index is 885. The summed E-state index contributed by atoms with van der Waals surface area (Å²) in [6.45, 7) is 7.62. The normalized spacial score (nSPS) is 22.9. The molecule has 2 aromatic rings. The van der Waals surface area contributed by atoms with Gasteiger partial charge >= 0.3 is 0 Å². The fourth-order valence-corrected chi connectivity index (χ4v) is 5.74. The number of thiocarbonyl (C=S) groups is 1. The molecule has 0 amide bonds. The second-order valence-electron chi connectivity index (χ2n) is 9.56. The van der Waals surface area contributed by atoms with Crippen molar-refractivity contribution in [1.82, 2.24) is 10.3 Å². The first kappa shape index (κ1) is 22.3. The van der Waals surface area contributed by atoms with Gasteiger partial charge in [-0.05, 0) is 73.1 Å². The number of anilines is 2. The number of halogens is 1. The van der Waals surface area contributed by atoms with Crippen molar-refractivity contribution < 1.29 is 0 Å². The molecular formula is C25H33ClN4S. The molecule has 0 spiro atoms. The molecule has 1 aliphatic carbocycles. The van der Waals surface area contributed by atoms with E-state index in [0.29, 0.717) is 16.9 Å². The Morgan fingerprint density at radius 1 is 1.16 bits per heavy atom. The lowest BCUT2D eigenvalue weighted by Gasteiger charge is -2.35. The minimum atomic E-state index is 0.0976. The lowest BCUT2D eigenvalue weighted by Crippen LogP contribution is -2.41. The Hall–Kier alpha value is -1.85. The van der Waals surface area contributed by atoms with Crippen molar-refractivity contribution in [3.8, 4) is 0 Å². The maximum Gasteiger partial charge on any atom is 0.170 e. The van der Waals surface area contributed by atoms with E-state index in [2.05, 4.69) is 53.6 Å². The number of nitrogens with one attached hydrogen (secondary N) is 2. The van der Waals surface area contributed by atoms with Crippen LogP contribution in [0.5, 0.6) is 0 Å². The lowest BCUT2D eigenvalue weighted by molar-refractivity contribution is 0.355. The molecule has 1 aromatic heterocycles. The van der Waals surface area contributed by atoms with Crippen molar-refractivity contribution in [2.45, 2.75) is 51.4 Å². The predicted molar refractivity (Wildman–Crippen MR) is 135 cm³/mol. The molecule has 2 fully saturated rings. The second kappa shape index (κ2) is 9.74. The van der Waals surface area contributed by atoms with Crippen molar-refractivity contribution >= 4 is 40.4 Å². The molecule has 1 saturated carbocycles. The summed E-state index contributed by atoms with van der Waals surface area (Å²) in [7, 11) is 0. The molecule has 166 valence electrons. The molecule has 0 radical (unpaired) electrons. The average molecular weight is 457 g/mol. The molecular weight excluding hydrogens is 424 g/mol. The van der Waals surface area contributed by atoms with Gasteiger partial charge in [-0.1, -0.05) is 50.4 Å². The molecule has 31 heavy (non-hydrogen) atoms. The van der Waals surface area contributed by atoms with Crippen LogP contribution >= 0.6 is 23.8 Å². The molecule has 4 rings (SSSR count). The topological polar surface area (TPSA) is 40.2 Å². The van der Waals surface area contributed by atoms with Gasteiger partial charge in [0.05, 0.1) is 11.9 Å². The zero-order valence-corrected chi connectivity index (χ0v) is 20.1. The molecule has 2 heterocycles. The van der Waals surface area contributed by atoms with E-state index in [4.69, 9.17) is 28.8 Å². The number of nitrogens with zero attached hydrogens (tertiary/aromatic N) is 2. The fourth-order valence-electron chi connectivity index (χ4n) is 5.36. The standard InChI is InChI=1S/C25H33ClN4S/c1-18-12-19(2)16-30(15-18)23-9-8-22(14-27-23)29-24(31)28-17-25(10-3-4-11-25)20-6-5-7-21(26)13-20/h5-9,13-14,18-19H,3-4,10-12,15-17H2,1-2H3,(H2,28,29,31)/t18-,19-/m1/s1. The summed E-state index contributed by atoms with van der Waals surface area (Å²) < 4.78 is 0. The van der Waals surface area contributed by atoms with Crippen LogP contribution < -0.4 is 15.5 Å². The fraction of sp³-hybridized carbons (Fsp3) is 0.520. The Labute approximate surface area is 196 Å². The minimum absolute atomic E-state index is 0.0976. The lowest BCUT2D eigenvalue weighted by atomic mass is 9.79. The summed E-state index contributed by atoms with van der Waals surface area (Å²) in [6.07, 6.45) is 7.99. The molecule has 1 aromatic carbocycles. The summed E-state index contributed by atoms with van der Waals surface area (Å²) in [5.41, 5.74) is 2.33. The van der Waals surface area contributed by atoms with Gasteiger partial charge in [-0.15, -0.1) is 0 Å². The highest BCUT2D eigenvalue weighted by molar-refractivity contribution is 7.80. The first-order chi connectivity index (χ1) is 14.9. The van der Waals surface area contributed by atoms with Gasteiger partial charge in [0.2, 0.25) is 0 Å². The van der Waals surface area contributed by atoms with Crippen molar-refractivity contribution in [2.24, 2.45) is 11.8 Å². The SMILES string of the molecule is C[C@@H]1C[C@@H](C)CN(c2ccc(NC(=S)NCC3(c4cccc(Cl)c4)CCCC3)cn2)C1. The van der Waals surface area contributed by atoms with Crippen LogP contribution in [0, 0.1) is 11.8 Å². The van der Waals surface area contributed by atoms with E-state index in [1.807, 2.05) is 18.3 Å². The molecule has 2 N–H and O–H groups in total. The van der Waals surface area contributed by atoms with Crippen LogP contribution in [-0.2, 0) is 5.41 Å². The smallest absolute Gasteiger partial charge is 0.170 e. The van der Waals surface area contributed by atoms with Gasteiger partial charge in [0.25, 0.3) is 0 Å². The van der Waals surface area contributed by atoms with Gasteiger partial charge in [-0.2, -0.15) is 0 Å². The highest BCUT2D eigenvalue weighted by Crippen LogP contribution is 2.41. The Balaban J connectivity index is 1.35. The molecule has 2 aliphatic rings. The molecule has 2 atom stereocenters. The van der Waals surface area contributed by atoms with Gasteiger partial charge in [0.1, 0.15) is 5.82 Å². The van der Waals surface area contributed by atoms with Gasteiger partial charge in [-0.25, -0.2) is 4.98 Å². The zero-order valence-electron chi connectivity index (χ0n) is 18.5. The first-order valence-electron chi connectivity index (χ1n) is 11.5. The molecule has 0 unspecified atom stereocenters. The van der Waals surface area contributed by atoms with E-state index in [1.165, 1.54) is 24.8 Å². The van der Waals surface area contributed by atoms with Crippen LogP contribution in [0.25, 0.3) is 0 Å². The monoisotopic (exact) mass is 456 g/mol. The van der Waals surface area contributed by atoms with Crippen LogP contribution in [0.15, 0.2) is 42.6 Å². The molecule has 1 aliphatic heterocycles. The van der Waals surface area contributed by atoms with E-state index in [1.54, 1.807) is 0 Å². The number of hydrogen-bond donors (Lipinski definition) is 2. The van der Waals surface area contributed by atoms with E-state index >= 15 is 0 Å². The van der Waals surface area contributed by atoms with Crippen molar-refractivity contribution in [3.05, 3.63) is 53.2 Å². The van der Waals surface area contributed by atoms with Gasteiger partial charge < -0.3 is 15.5 Å². The number of pyridine rings is 1. The van der Waals surface area contributed by atoms with Crippen LogP contribution in [0.3, 0.4) is 0 Å². The summed E-state index contributed by atoms with van der Waals surface area (Å²) in [4.78, 5) is 7.09.